The fourth-order valence-corrected chi connectivity index (χ4v) is 1.31. The molecule has 2 N–H and O–H groups in total. The third-order valence-corrected chi connectivity index (χ3v) is 2.56. The molecular weight excluding hydrogens is 293 g/mol. The zero-order chi connectivity index (χ0) is 10.1. The van der Waals surface area contributed by atoms with Crippen LogP contribution in [0.1, 0.15) is 5.76 Å². The number of anilines is 1. The maximum atomic E-state index is 5.66. The van der Waals surface area contributed by atoms with Crippen LogP contribution in [-0.2, 0) is 0 Å². The Bertz CT molecular complexity index is 467. The molecule has 0 saturated carbocycles. The Hall–Kier alpha value is -1.11. The quantitative estimate of drug-likeness (QED) is 0.820. The minimum atomic E-state index is 0.477. The first kappa shape index (κ1) is 9.45. The maximum absolute atomic E-state index is 5.66. The standard InChI is InChI=1S/C9H8IN3O/c1-5-2-3-7(14-5)9-12-4-6(10)8(11)13-9/h2-4H,1H3,(H2,11,12,13). The van der Waals surface area contributed by atoms with E-state index in [1.54, 1.807) is 6.20 Å². The van der Waals surface area contributed by atoms with Gasteiger partial charge in [-0.15, -0.1) is 0 Å². The molecule has 0 amide bonds. The van der Waals surface area contributed by atoms with Crippen molar-refractivity contribution in [3.05, 3.63) is 27.7 Å². The molecule has 0 saturated heterocycles. The van der Waals surface area contributed by atoms with E-state index in [1.165, 1.54) is 0 Å². The Kier molecular flexibility index (Phi) is 2.40. The summed E-state index contributed by atoms with van der Waals surface area (Å²) in [6, 6.07) is 3.70. The van der Waals surface area contributed by atoms with Crippen molar-refractivity contribution in [2.45, 2.75) is 6.92 Å². The van der Waals surface area contributed by atoms with Gasteiger partial charge in [-0.1, -0.05) is 0 Å². The van der Waals surface area contributed by atoms with E-state index >= 15 is 0 Å². The number of furan rings is 1. The molecule has 2 aromatic rings. The van der Waals surface area contributed by atoms with E-state index in [0.717, 1.165) is 9.33 Å². The summed E-state index contributed by atoms with van der Waals surface area (Å²) in [5.74, 6) is 2.48. The van der Waals surface area contributed by atoms with Gasteiger partial charge in [0.1, 0.15) is 11.6 Å². The first-order chi connectivity index (χ1) is 6.66. The van der Waals surface area contributed by atoms with E-state index in [4.69, 9.17) is 10.2 Å². The summed E-state index contributed by atoms with van der Waals surface area (Å²) in [5, 5.41) is 0. The van der Waals surface area contributed by atoms with Crippen LogP contribution in [0.25, 0.3) is 11.6 Å². The predicted molar refractivity (Wildman–Crippen MR) is 61.6 cm³/mol. The highest BCUT2D eigenvalue weighted by Gasteiger charge is 2.07. The van der Waals surface area contributed by atoms with Crippen LogP contribution in [0.3, 0.4) is 0 Å². The van der Waals surface area contributed by atoms with Crippen molar-refractivity contribution in [1.29, 1.82) is 0 Å². The Morgan fingerprint density at radius 2 is 2.21 bits per heavy atom. The summed E-state index contributed by atoms with van der Waals surface area (Å²) in [7, 11) is 0. The molecule has 2 aromatic heterocycles. The van der Waals surface area contributed by atoms with Gasteiger partial charge < -0.3 is 10.2 Å². The van der Waals surface area contributed by atoms with Crippen LogP contribution in [0.15, 0.2) is 22.7 Å². The van der Waals surface area contributed by atoms with Crippen molar-refractivity contribution >= 4 is 28.4 Å². The fraction of sp³-hybridized carbons (Fsp3) is 0.111. The topological polar surface area (TPSA) is 64.9 Å². The van der Waals surface area contributed by atoms with Gasteiger partial charge in [-0.2, -0.15) is 0 Å². The first-order valence-electron chi connectivity index (χ1n) is 4.01. The van der Waals surface area contributed by atoms with Gasteiger partial charge in [0.2, 0.25) is 0 Å². The highest BCUT2D eigenvalue weighted by molar-refractivity contribution is 14.1. The zero-order valence-corrected chi connectivity index (χ0v) is 9.65. The smallest absolute Gasteiger partial charge is 0.197 e. The molecule has 2 rings (SSSR count). The van der Waals surface area contributed by atoms with Crippen molar-refractivity contribution in [3.8, 4) is 11.6 Å². The summed E-state index contributed by atoms with van der Waals surface area (Å²) < 4.78 is 6.22. The van der Waals surface area contributed by atoms with Gasteiger partial charge in [-0.05, 0) is 41.6 Å². The lowest BCUT2D eigenvalue weighted by molar-refractivity contribution is 0.544. The van der Waals surface area contributed by atoms with Crippen molar-refractivity contribution < 1.29 is 4.42 Å². The average Bonchev–Trinajstić information content (AvgIpc) is 2.57. The highest BCUT2D eigenvalue weighted by Crippen LogP contribution is 2.20. The molecule has 0 unspecified atom stereocenters. The van der Waals surface area contributed by atoms with Gasteiger partial charge in [0.15, 0.2) is 11.6 Å². The molecule has 0 aliphatic rings. The van der Waals surface area contributed by atoms with Gasteiger partial charge in [-0.25, -0.2) is 9.97 Å². The highest BCUT2D eigenvalue weighted by atomic mass is 127. The number of hydrogen-bond acceptors (Lipinski definition) is 4. The van der Waals surface area contributed by atoms with Crippen LogP contribution >= 0.6 is 22.6 Å². The molecule has 4 nitrogen and oxygen atoms in total. The Morgan fingerprint density at radius 1 is 1.43 bits per heavy atom. The van der Waals surface area contributed by atoms with Crippen LogP contribution in [0.5, 0.6) is 0 Å². The molecule has 0 aliphatic heterocycles. The molecule has 2 heterocycles. The normalized spacial score (nSPS) is 10.4. The second-order valence-electron chi connectivity index (χ2n) is 2.84. The van der Waals surface area contributed by atoms with Gasteiger partial charge in [0.05, 0.1) is 3.57 Å². The van der Waals surface area contributed by atoms with Gasteiger partial charge >= 0.3 is 0 Å². The number of nitrogens with zero attached hydrogens (tertiary/aromatic N) is 2. The van der Waals surface area contributed by atoms with Crippen molar-refractivity contribution in [2.24, 2.45) is 0 Å². The molecule has 5 heteroatoms. The van der Waals surface area contributed by atoms with E-state index in [9.17, 15) is 0 Å². The lowest BCUT2D eigenvalue weighted by Gasteiger charge is -1.98. The van der Waals surface area contributed by atoms with Crippen LogP contribution in [0.2, 0.25) is 0 Å². The summed E-state index contributed by atoms with van der Waals surface area (Å²) in [4.78, 5) is 8.25. The van der Waals surface area contributed by atoms with Gasteiger partial charge in [-0.3, -0.25) is 0 Å². The summed E-state index contributed by atoms with van der Waals surface area (Å²) in [6.07, 6.45) is 1.68. The summed E-state index contributed by atoms with van der Waals surface area (Å²) in [6.45, 7) is 1.87. The molecule has 0 spiro atoms. The van der Waals surface area contributed by atoms with Gasteiger partial charge in [0.25, 0.3) is 0 Å². The molecule has 14 heavy (non-hydrogen) atoms. The summed E-state index contributed by atoms with van der Waals surface area (Å²) >= 11 is 2.08. The Morgan fingerprint density at radius 3 is 2.79 bits per heavy atom. The largest absolute Gasteiger partial charge is 0.458 e. The minimum absolute atomic E-state index is 0.477. The van der Waals surface area contributed by atoms with E-state index in [1.807, 2.05) is 19.1 Å². The second kappa shape index (κ2) is 3.56. The average molecular weight is 301 g/mol. The number of hydrogen-bond donors (Lipinski definition) is 1. The molecule has 0 fully saturated rings. The number of nitrogens with two attached hydrogens (primary N) is 1. The Balaban J connectivity index is 2.47. The van der Waals surface area contributed by atoms with E-state index in [2.05, 4.69) is 32.6 Å². The zero-order valence-electron chi connectivity index (χ0n) is 7.49. The first-order valence-corrected chi connectivity index (χ1v) is 5.09. The lowest BCUT2D eigenvalue weighted by Crippen LogP contribution is -1.97. The predicted octanol–water partition coefficient (Wildman–Crippen LogP) is 2.23. The van der Waals surface area contributed by atoms with Crippen LogP contribution < -0.4 is 5.73 Å². The van der Waals surface area contributed by atoms with Crippen molar-refractivity contribution in [1.82, 2.24) is 9.97 Å². The molecule has 72 valence electrons. The van der Waals surface area contributed by atoms with Gasteiger partial charge in [0, 0.05) is 6.20 Å². The molecule has 0 aliphatic carbocycles. The van der Waals surface area contributed by atoms with E-state index in [-0.39, 0.29) is 0 Å². The molecule has 0 bridgehead atoms. The second-order valence-corrected chi connectivity index (χ2v) is 4.00. The maximum Gasteiger partial charge on any atom is 0.197 e. The molecular formula is C9H8IN3O. The van der Waals surface area contributed by atoms with Crippen LogP contribution in [0.4, 0.5) is 5.82 Å². The van der Waals surface area contributed by atoms with E-state index < -0.39 is 0 Å². The van der Waals surface area contributed by atoms with Crippen LogP contribution in [0, 0.1) is 10.5 Å². The number of aromatic nitrogens is 2. The third kappa shape index (κ3) is 1.72. The SMILES string of the molecule is Cc1ccc(-c2ncc(I)c(N)n2)o1. The Labute approximate surface area is 94.7 Å². The van der Waals surface area contributed by atoms with Crippen LogP contribution in [-0.4, -0.2) is 9.97 Å². The monoisotopic (exact) mass is 301 g/mol. The fourth-order valence-electron chi connectivity index (χ4n) is 1.05. The molecule has 0 aromatic carbocycles. The van der Waals surface area contributed by atoms with E-state index in [0.29, 0.717) is 17.4 Å². The number of nitrogen functional groups attached to an aromatic ring is 1. The number of rotatable bonds is 1. The van der Waals surface area contributed by atoms with Crippen molar-refractivity contribution in [2.75, 3.05) is 5.73 Å². The lowest BCUT2D eigenvalue weighted by atomic mass is 10.4. The summed E-state index contributed by atoms with van der Waals surface area (Å²) in [5.41, 5.74) is 5.66. The number of aryl methyl sites for hydroxylation is 1. The minimum Gasteiger partial charge on any atom is -0.458 e. The number of halogens is 1. The third-order valence-electron chi connectivity index (χ3n) is 1.73. The van der Waals surface area contributed by atoms with Crippen molar-refractivity contribution in [3.63, 3.8) is 0 Å². The molecule has 0 radical (unpaired) electrons. The molecule has 0 atom stereocenters.